The minimum atomic E-state index is -0.227. The molecule has 0 atom stereocenters. The van der Waals surface area contributed by atoms with Crippen LogP contribution < -0.4 is 0 Å². The number of fused-ring (bicyclic) bond motifs is 1. The van der Waals surface area contributed by atoms with E-state index in [0.717, 1.165) is 29.5 Å². The monoisotopic (exact) mass is 433 g/mol. The van der Waals surface area contributed by atoms with E-state index in [0.29, 0.717) is 12.5 Å². The van der Waals surface area contributed by atoms with Gasteiger partial charge in [0.15, 0.2) is 11.0 Å². The van der Waals surface area contributed by atoms with Crippen LogP contribution in [0, 0.1) is 0 Å². The van der Waals surface area contributed by atoms with Crippen molar-refractivity contribution in [3.63, 3.8) is 0 Å². The van der Waals surface area contributed by atoms with Gasteiger partial charge >= 0.3 is 5.97 Å². The summed E-state index contributed by atoms with van der Waals surface area (Å²) < 4.78 is 7.28. The number of allylic oxidation sites excluding steroid dienone is 2. The van der Waals surface area contributed by atoms with Gasteiger partial charge in [0.2, 0.25) is 0 Å². The Kier molecular flexibility index (Phi) is 5.81. The van der Waals surface area contributed by atoms with Crippen molar-refractivity contribution in [2.24, 2.45) is 0 Å². The number of carbonyl (C=O) groups excluding carboxylic acids is 1. The van der Waals surface area contributed by atoms with Gasteiger partial charge in [-0.05, 0) is 74.0 Å². The van der Waals surface area contributed by atoms with Crippen LogP contribution in [0.15, 0.2) is 47.6 Å². The van der Waals surface area contributed by atoms with Crippen molar-refractivity contribution in [2.45, 2.75) is 56.5 Å². The van der Waals surface area contributed by atoms with Crippen LogP contribution in [0.3, 0.4) is 0 Å². The molecule has 0 spiro atoms. The van der Waals surface area contributed by atoms with Crippen molar-refractivity contribution >= 4 is 34.1 Å². The summed E-state index contributed by atoms with van der Waals surface area (Å²) in [5, 5.41) is 12.3. The van der Waals surface area contributed by atoms with E-state index in [4.69, 9.17) is 4.74 Å². The zero-order valence-corrected chi connectivity index (χ0v) is 18.7. The third-order valence-electron chi connectivity index (χ3n) is 6.03. The average Bonchev–Trinajstić information content (AvgIpc) is 3.57. The zero-order chi connectivity index (χ0) is 21.2. The summed E-state index contributed by atoms with van der Waals surface area (Å²) in [5.41, 5.74) is 3.77. The lowest BCUT2D eigenvalue weighted by Crippen LogP contribution is -2.09. The second-order valence-corrected chi connectivity index (χ2v) is 9.15. The molecule has 5 nitrogen and oxygen atoms in total. The summed E-state index contributed by atoms with van der Waals surface area (Å²) >= 11 is 1.39. The Bertz CT molecular complexity index is 1150. The highest BCUT2D eigenvalue weighted by atomic mass is 32.2. The van der Waals surface area contributed by atoms with E-state index in [2.05, 4.69) is 57.2 Å². The van der Waals surface area contributed by atoms with E-state index < -0.39 is 0 Å². The fraction of sp³-hybridized carbons (Fsp3) is 0.400. The molecule has 0 saturated heterocycles. The number of benzene rings is 2. The lowest BCUT2D eigenvalue weighted by Gasteiger charge is -2.17. The summed E-state index contributed by atoms with van der Waals surface area (Å²) in [7, 11) is 0. The van der Waals surface area contributed by atoms with Gasteiger partial charge in [0.25, 0.3) is 0 Å². The van der Waals surface area contributed by atoms with Crippen molar-refractivity contribution in [2.75, 3.05) is 12.4 Å². The first kappa shape index (κ1) is 20.3. The molecule has 1 aromatic heterocycles. The van der Waals surface area contributed by atoms with Crippen LogP contribution in [0.25, 0.3) is 22.0 Å². The summed E-state index contributed by atoms with van der Waals surface area (Å²) in [4.78, 5) is 12.0. The standard InChI is InChI=1S/C25H27N3O2S/c1-2-30-23(29)16-31-25-27-26-24(18-8-4-3-5-9-18)28(25)22-15-14-19(17-12-13-17)20-10-6-7-11-21(20)22/h6-8,10-11,14-15,17H,2-5,9,12-13,16H2,1H3. The molecule has 3 aromatic rings. The predicted octanol–water partition coefficient (Wildman–Crippen LogP) is 5.91. The molecule has 0 unspecified atom stereocenters. The number of ether oxygens (including phenoxy) is 1. The molecule has 0 amide bonds. The van der Waals surface area contributed by atoms with Crippen LogP contribution in [0.4, 0.5) is 0 Å². The lowest BCUT2D eigenvalue weighted by atomic mass is 9.98. The number of nitrogens with zero attached hydrogens (tertiary/aromatic N) is 3. The third-order valence-corrected chi connectivity index (χ3v) is 6.93. The van der Waals surface area contributed by atoms with Crippen molar-refractivity contribution < 1.29 is 9.53 Å². The Labute approximate surface area is 186 Å². The normalized spacial score (nSPS) is 16.4. The maximum absolute atomic E-state index is 12.0. The number of rotatable bonds is 7. The fourth-order valence-electron chi connectivity index (χ4n) is 4.41. The van der Waals surface area contributed by atoms with Crippen LogP contribution >= 0.6 is 11.8 Å². The summed E-state index contributed by atoms with van der Waals surface area (Å²) in [6.45, 7) is 2.21. The maximum Gasteiger partial charge on any atom is 0.316 e. The molecule has 0 N–H and O–H groups in total. The quantitative estimate of drug-likeness (QED) is 0.342. The Morgan fingerprint density at radius 2 is 1.97 bits per heavy atom. The van der Waals surface area contributed by atoms with Crippen LogP contribution in [-0.4, -0.2) is 33.1 Å². The SMILES string of the molecule is CCOC(=O)CSc1nnc(C2=CCCCC2)n1-c1ccc(C2CC2)c2ccccc12. The molecule has 1 heterocycles. The molecular formula is C25H27N3O2S. The molecule has 2 aliphatic rings. The van der Waals surface area contributed by atoms with Crippen molar-refractivity contribution in [1.82, 2.24) is 14.8 Å². The minimum absolute atomic E-state index is 0.225. The molecule has 2 aliphatic carbocycles. The first-order chi connectivity index (χ1) is 15.3. The van der Waals surface area contributed by atoms with E-state index in [9.17, 15) is 4.79 Å². The third kappa shape index (κ3) is 4.13. The van der Waals surface area contributed by atoms with Gasteiger partial charge in [-0.1, -0.05) is 48.2 Å². The van der Waals surface area contributed by atoms with Gasteiger partial charge in [-0.2, -0.15) is 0 Å². The summed E-state index contributed by atoms with van der Waals surface area (Å²) in [6, 6.07) is 13.1. The fourth-order valence-corrected chi connectivity index (χ4v) is 5.15. The molecule has 160 valence electrons. The van der Waals surface area contributed by atoms with Crippen molar-refractivity contribution in [1.29, 1.82) is 0 Å². The van der Waals surface area contributed by atoms with Crippen LogP contribution in [0.1, 0.15) is 62.8 Å². The first-order valence-electron chi connectivity index (χ1n) is 11.2. The Morgan fingerprint density at radius 1 is 1.13 bits per heavy atom. The van der Waals surface area contributed by atoms with E-state index in [1.54, 1.807) is 0 Å². The molecule has 5 rings (SSSR count). The molecule has 6 heteroatoms. The van der Waals surface area contributed by atoms with Gasteiger partial charge in [0, 0.05) is 5.39 Å². The molecule has 31 heavy (non-hydrogen) atoms. The van der Waals surface area contributed by atoms with Crippen molar-refractivity contribution in [3.8, 4) is 5.69 Å². The van der Waals surface area contributed by atoms with Crippen LogP contribution in [0.2, 0.25) is 0 Å². The maximum atomic E-state index is 12.0. The number of esters is 1. The molecule has 0 bridgehead atoms. The molecule has 2 aromatic carbocycles. The van der Waals surface area contributed by atoms with E-state index in [-0.39, 0.29) is 11.7 Å². The van der Waals surface area contributed by atoms with Gasteiger partial charge in [0.1, 0.15) is 0 Å². The van der Waals surface area contributed by atoms with Gasteiger partial charge in [-0.15, -0.1) is 10.2 Å². The Morgan fingerprint density at radius 3 is 2.71 bits per heavy atom. The van der Waals surface area contributed by atoms with E-state index in [1.807, 2.05) is 6.92 Å². The Hall–Kier alpha value is -2.60. The number of thioether (sulfide) groups is 1. The van der Waals surface area contributed by atoms with Gasteiger partial charge < -0.3 is 4.74 Å². The van der Waals surface area contributed by atoms with Crippen LogP contribution in [-0.2, 0) is 9.53 Å². The summed E-state index contributed by atoms with van der Waals surface area (Å²) in [5.74, 6) is 1.58. The molecule has 1 saturated carbocycles. The minimum Gasteiger partial charge on any atom is -0.465 e. The topological polar surface area (TPSA) is 57.0 Å². The van der Waals surface area contributed by atoms with E-state index in [1.165, 1.54) is 59.4 Å². The van der Waals surface area contributed by atoms with Crippen molar-refractivity contribution in [3.05, 3.63) is 53.9 Å². The second-order valence-electron chi connectivity index (χ2n) is 8.20. The highest BCUT2D eigenvalue weighted by Crippen LogP contribution is 2.44. The Balaban J connectivity index is 1.63. The smallest absolute Gasteiger partial charge is 0.316 e. The molecule has 0 aliphatic heterocycles. The number of carbonyl (C=O) groups is 1. The number of hydrogen-bond acceptors (Lipinski definition) is 5. The molecule has 1 fully saturated rings. The number of hydrogen-bond donors (Lipinski definition) is 0. The largest absolute Gasteiger partial charge is 0.465 e. The zero-order valence-electron chi connectivity index (χ0n) is 17.8. The number of aromatic nitrogens is 3. The highest BCUT2D eigenvalue weighted by molar-refractivity contribution is 7.99. The predicted molar refractivity (Wildman–Crippen MR) is 125 cm³/mol. The van der Waals surface area contributed by atoms with Gasteiger partial charge in [-0.3, -0.25) is 9.36 Å². The lowest BCUT2D eigenvalue weighted by molar-refractivity contribution is -0.139. The first-order valence-corrected chi connectivity index (χ1v) is 12.2. The van der Waals surface area contributed by atoms with Gasteiger partial charge in [-0.25, -0.2) is 0 Å². The molecule has 0 radical (unpaired) electrons. The highest BCUT2D eigenvalue weighted by Gasteiger charge is 2.27. The van der Waals surface area contributed by atoms with E-state index >= 15 is 0 Å². The molecular weight excluding hydrogens is 406 g/mol. The average molecular weight is 434 g/mol. The van der Waals surface area contributed by atoms with Crippen LogP contribution in [0.5, 0.6) is 0 Å². The van der Waals surface area contributed by atoms with Gasteiger partial charge in [0.05, 0.1) is 18.0 Å². The second kappa shape index (κ2) is 8.87. The summed E-state index contributed by atoms with van der Waals surface area (Å²) in [6.07, 6.45) is 9.33.